The highest BCUT2D eigenvalue weighted by molar-refractivity contribution is 5.76. The molecule has 0 aromatic heterocycles. The van der Waals surface area contributed by atoms with E-state index in [-0.39, 0.29) is 24.0 Å². The fourth-order valence-corrected chi connectivity index (χ4v) is 1.44. The maximum absolute atomic E-state index is 11.7. The Morgan fingerprint density at radius 1 is 1.38 bits per heavy atom. The molecule has 0 aliphatic heterocycles. The van der Waals surface area contributed by atoms with Crippen molar-refractivity contribution in [1.82, 2.24) is 10.2 Å². The number of carbonyl (C=O) groups excluding carboxylic acids is 1. The van der Waals surface area contributed by atoms with Crippen LogP contribution >= 0.6 is 0 Å². The summed E-state index contributed by atoms with van der Waals surface area (Å²) in [5, 5.41) is 12.0. The van der Waals surface area contributed by atoms with Crippen LogP contribution in [0.25, 0.3) is 0 Å². The first kappa shape index (κ1) is 15.4. The lowest BCUT2D eigenvalue weighted by atomic mass is 9.85. The Morgan fingerprint density at radius 3 is 2.31 bits per heavy atom. The van der Waals surface area contributed by atoms with Crippen molar-refractivity contribution in [2.45, 2.75) is 39.7 Å². The highest BCUT2D eigenvalue weighted by Gasteiger charge is 2.25. The minimum atomic E-state index is -0.0174. The lowest BCUT2D eigenvalue weighted by Crippen LogP contribution is -2.44. The van der Waals surface area contributed by atoms with E-state index in [0.717, 1.165) is 6.54 Å². The molecule has 16 heavy (non-hydrogen) atoms. The van der Waals surface area contributed by atoms with Crippen molar-refractivity contribution in [2.24, 2.45) is 5.41 Å². The zero-order valence-electron chi connectivity index (χ0n) is 11.2. The van der Waals surface area contributed by atoms with Crippen LogP contribution in [0.1, 0.15) is 33.6 Å². The highest BCUT2D eigenvalue weighted by atomic mass is 16.3. The smallest absolute Gasteiger partial charge is 0.221 e. The SMILES string of the molecule is CN(C)CCC(=O)NC(CCO)C(C)(C)C. The van der Waals surface area contributed by atoms with E-state index in [2.05, 4.69) is 26.1 Å². The van der Waals surface area contributed by atoms with Crippen LogP contribution in [-0.4, -0.2) is 49.2 Å². The molecule has 2 N–H and O–H groups in total. The van der Waals surface area contributed by atoms with Crippen LogP contribution in [0.3, 0.4) is 0 Å². The molecule has 0 aromatic carbocycles. The van der Waals surface area contributed by atoms with Gasteiger partial charge < -0.3 is 15.3 Å². The van der Waals surface area contributed by atoms with Crippen LogP contribution in [0, 0.1) is 5.41 Å². The molecule has 4 heteroatoms. The summed E-state index contributed by atoms with van der Waals surface area (Å²) in [4.78, 5) is 13.6. The lowest BCUT2D eigenvalue weighted by molar-refractivity contribution is -0.122. The fourth-order valence-electron chi connectivity index (χ4n) is 1.44. The van der Waals surface area contributed by atoms with E-state index in [1.165, 1.54) is 0 Å². The molecule has 96 valence electrons. The largest absolute Gasteiger partial charge is 0.396 e. The van der Waals surface area contributed by atoms with Gasteiger partial charge in [-0.15, -0.1) is 0 Å². The van der Waals surface area contributed by atoms with Crippen LogP contribution in [0.4, 0.5) is 0 Å². The average Bonchev–Trinajstić information content (AvgIpc) is 2.12. The summed E-state index contributed by atoms with van der Waals surface area (Å²) in [5.41, 5.74) is -0.0174. The van der Waals surface area contributed by atoms with Gasteiger partial charge in [-0.2, -0.15) is 0 Å². The van der Waals surface area contributed by atoms with E-state index in [9.17, 15) is 4.79 Å². The standard InChI is InChI=1S/C12H26N2O2/c1-12(2,3)10(7-9-15)13-11(16)6-8-14(4)5/h10,15H,6-9H2,1-5H3,(H,13,16). The predicted octanol–water partition coefficient (Wildman–Crippen LogP) is 0.851. The van der Waals surface area contributed by atoms with E-state index in [4.69, 9.17) is 5.11 Å². The number of amides is 1. The van der Waals surface area contributed by atoms with E-state index in [1.807, 2.05) is 19.0 Å². The van der Waals surface area contributed by atoms with Gasteiger partial charge in [-0.05, 0) is 25.9 Å². The van der Waals surface area contributed by atoms with Gasteiger partial charge in [0.1, 0.15) is 0 Å². The third kappa shape index (κ3) is 6.80. The molecule has 0 heterocycles. The van der Waals surface area contributed by atoms with Crippen molar-refractivity contribution in [3.8, 4) is 0 Å². The molecule has 1 unspecified atom stereocenters. The monoisotopic (exact) mass is 230 g/mol. The molecule has 0 bridgehead atoms. The van der Waals surface area contributed by atoms with Crippen molar-refractivity contribution in [3.05, 3.63) is 0 Å². The molecule has 4 nitrogen and oxygen atoms in total. The normalized spacial score (nSPS) is 13.9. The van der Waals surface area contributed by atoms with Gasteiger partial charge in [0.25, 0.3) is 0 Å². The first-order chi connectivity index (χ1) is 7.27. The van der Waals surface area contributed by atoms with Gasteiger partial charge in [0.2, 0.25) is 5.91 Å². The van der Waals surface area contributed by atoms with Crippen molar-refractivity contribution in [3.63, 3.8) is 0 Å². The second kappa shape index (κ2) is 6.86. The van der Waals surface area contributed by atoms with Gasteiger partial charge in [0.15, 0.2) is 0 Å². The summed E-state index contributed by atoms with van der Waals surface area (Å²) < 4.78 is 0. The number of hydrogen-bond donors (Lipinski definition) is 2. The average molecular weight is 230 g/mol. The Hall–Kier alpha value is -0.610. The maximum Gasteiger partial charge on any atom is 0.221 e. The molecule has 0 saturated heterocycles. The summed E-state index contributed by atoms with van der Waals surface area (Å²) >= 11 is 0. The summed E-state index contributed by atoms with van der Waals surface area (Å²) in [6.07, 6.45) is 1.11. The number of rotatable bonds is 6. The molecule has 0 fully saturated rings. The molecule has 0 aromatic rings. The summed E-state index contributed by atoms with van der Waals surface area (Å²) in [6, 6.07) is 0.0344. The molecule has 0 radical (unpaired) electrons. The van der Waals surface area contributed by atoms with Gasteiger partial charge in [-0.1, -0.05) is 20.8 Å². The zero-order chi connectivity index (χ0) is 12.8. The topological polar surface area (TPSA) is 52.6 Å². The molecular weight excluding hydrogens is 204 g/mol. The van der Waals surface area contributed by atoms with Crippen molar-refractivity contribution in [1.29, 1.82) is 0 Å². The Bertz CT molecular complexity index is 210. The Morgan fingerprint density at radius 2 is 1.94 bits per heavy atom. The number of nitrogens with zero attached hydrogens (tertiary/aromatic N) is 1. The Balaban J connectivity index is 4.14. The molecule has 0 rings (SSSR count). The van der Waals surface area contributed by atoms with Crippen LogP contribution in [-0.2, 0) is 4.79 Å². The van der Waals surface area contributed by atoms with Gasteiger partial charge in [-0.3, -0.25) is 4.79 Å². The van der Waals surface area contributed by atoms with Crippen LogP contribution < -0.4 is 5.32 Å². The van der Waals surface area contributed by atoms with Gasteiger partial charge in [0, 0.05) is 25.6 Å². The summed E-state index contributed by atoms with van der Waals surface area (Å²) in [5.74, 6) is 0.0575. The predicted molar refractivity (Wildman–Crippen MR) is 66.3 cm³/mol. The molecule has 0 aliphatic rings. The molecular formula is C12H26N2O2. The first-order valence-electron chi connectivity index (χ1n) is 5.82. The molecule has 0 saturated carbocycles. The number of aliphatic hydroxyl groups is 1. The van der Waals surface area contributed by atoms with Crippen molar-refractivity contribution in [2.75, 3.05) is 27.2 Å². The Labute approximate surface area is 99.0 Å². The minimum Gasteiger partial charge on any atom is -0.396 e. The van der Waals surface area contributed by atoms with E-state index in [1.54, 1.807) is 0 Å². The summed E-state index contributed by atoms with van der Waals surface area (Å²) in [6.45, 7) is 7.07. The van der Waals surface area contributed by atoms with Crippen LogP contribution in [0.5, 0.6) is 0 Å². The zero-order valence-corrected chi connectivity index (χ0v) is 11.2. The molecule has 1 amide bonds. The second-order valence-electron chi connectivity index (χ2n) is 5.55. The Kier molecular flexibility index (Phi) is 6.60. The van der Waals surface area contributed by atoms with E-state index in [0.29, 0.717) is 12.8 Å². The van der Waals surface area contributed by atoms with Crippen LogP contribution in [0.15, 0.2) is 0 Å². The molecule has 0 aliphatic carbocycles. The highest BCUT2D eigenvalue weighted by Crippen LogP contribution is 2.21. The van der Waals surface area contributed by atoms with Gasteiger partial charge in [0.05, 0.1) is 0 Å². The van der Waals surface area contributed by atoms with Crippen LogP contribution in [0.2, 0.25) is 0 Å². The second-order valence-corrected chi connectivity index (χ2v) is 5.55. The maximum atomic E-state index is 11.7. The third-order valence-electron chi connectivity index (χ3n) is 2.58. The van der Waals surface area contributed by atoms with Gasteiger partial charge in [-0.25, -0.2) is 0 Å². The number of hydrogen-bond acceptors (Lipinski definition) is 3. The number of aliphatic hydroxyl groups excluding tert-OH is 1. The van der Waals surface area contributed by atoms with Gasteiger partial charge >= 0.3 is 0 Å². The number of carbonyl (C=O) groups is 1. The summed E-state index contributed by atoms with van der Waals surface area (Å²) in [7, 11) is 3.89. The first-order valence-corrected chi connectivity index (χ1v) is 5.82. The fraction of sp³-hybridized carbons (Fsp3) is 0.917. The van der Waals surface area contributed by atoms with Crippen molar-refractivity contribution >= 4 is 5.91 Å². The minimum absolute atomic E-state index is 0.0174. The quantitative estimate of drug-likeness (QED) is 0.711. The molecule has 0 spiro atoms. The van der Waals surface area contributed by atoms with E-state index < -0.39 is 0 Å². The number of nitrogens with one attached hydrogen (secondary N) is 1. The van der Waals surface area contributed by atoms with Crippen molar-refractivity contribution < 1.29 is 9.90 Å². The lowest BCUT2D eigenvalue weighted by Gasteiger charge is -2.31. The third-order valence-corrected chi connectivity index (χ3v) is 2.58. The van der Waals surface area contributed by atoms with E-state index >= 15 is 0 Å². The molecule has 1 atom stereocenters.